The molecule has 0 spiro atoms. The summed E-state index contributed by atoms with van der Waals surface area (Å²) in [6, 6.07) is 0. The van der Waals surface area contributed by atoms with Gasteiger partial charge in [0.25, 0.3) is 0 Å². The van der Waals surface area contributed by atoms with E-state index in [1.165, 1.54) is 6.08 Å². The maximum atomic E-state index is 12.3. The standard InChI is InChI=1S/C18H30O5Si/c1-7-21-17(20)9-12-8-13-14(15(19)10-16(13)23-12)11-22-24(5,6)18(2,3)4/h9,13-14,16H,7-8,10-11H2,1-6H3/b12-9+/t13-,14?,16+/m1/s1. The molecular weight excluding hydrogens is 324 g/mol. The summed E-state index contributed by atoms with van der Waals surface area (Å²) in [6.45, 7) is 13.5. The van der Waals surface area contributed by atoms with E-state index in [0.29, 0.717) is 31.8 Å². The minimum atomic E-state index is -1.88. The zero-order valence-corrected chi connectivity index (χ0v) is 16.7. The lowest BCUT2D eigenvalue weighted by Crippen LogP contribution is -2.42. The van der Waals surface area contributed by atoms with E-state index < -0.39 is 8.32 Å². The van der Waals surface area contributed by atoms with Crippen LogP contribution < -0.4 is 0 Å². The van der Waals surface area contributed by atoms with Crippen LogP contribution >= 0.6 is 0 Å². The minimum Gasteiger partial charge on any atom is -0.494 e. The van der Waals surface area contributed by atoms with E-state index in [0.717, 1.165) is 0 Å². The molecule has 1 aliphatic heterocycles. The normalized spacial score (nSPS) is 28.8. The largest absolute Gasteiger partial charge is 0.494 e. The van der Waals surface area contributed by atoms with Crippen LogP contribution in [0.1, 0.15) is 40.5 Å². The van der Waals surface area contributed by atoms with Crippen molar-refractivity contribution in [2.45, 2.75) is 64.8 Å². The molecule has 1 heterocycles. The summed E-state index contributed by atoms with van der Waals surface area (Å²) in [4.78, 5) is 23.9. The number of ether oxygens (including phenoxy) is 2. The highest BCUT2D eigenvalue weighted by molar-refractivity contribution is 6.74. The molecule has 5 nitrogen and oxygen atoms in total. The number of Topliss-reactive ketones (excluding diaryl/α,β-unsaturated/α-hetero) is 1. The van der Waals surface area contributed by atoms with Crippen molar-refractivity contribution in [3.63, 3.8) is 0 Å². The smallest absolute Gasteiger partial charge is 0.334 e. The number of carbonyl (C=O) groups is 2. The van der Waals surface area contributed by atoms with Gasteiger partial charge in [0.2, 0.25) is 0 Å². The summed E-state index contributed by atoms with van der Waals surface area (Å²) in [5.41, 5.74) is 0. The third-order valence-corrected chi connectivity index (χ3v) is 10.0. The number of esters is 1. The van der Waals surface area contributed by atoms with E-state index in [4.69, 9.17) is 13.9 Å². The van der Waals surface area contributed by atoms with Crippen LogP contribution in [0.5, 0.6) is 0 Å². The molecule has 0 amide bonds. The molecule has 136 valence electrons. The molecule has 0 aromatic heterocycles. The Morgan fingerprint density at radius 1 is 1.33 bits per heavy atom. The fraction of sp³-hybridized carbons (Fsp3) is 0.778. The number of ketones is 1. The maximum absolute atomic E-state index is 12.3. The second-order valence-electron chi connectivity index (χ2n) is 8.24. The molecule has 1 saturated carbocycles. The van der Waals surface area contributed by atoms with Gasteiger partial charge in [-0.25, -0.2) is 4.79 Å². The first-order valence-electron chi connectivity index (χ1n) is 8.76. The van der Waals surface area contributed by atoms with Crippen molar-refractivity contribution in [3.05, 3.63) is 11.8 Å². The molecule has 0 bridgehead atoms. The Morgan fingerprint density at radius 3 is 2.58 bits per heavy atom. The molecule has 6 heteroatoms. The van der Waals surface area contributed by atoms with Crippen molar-refractivity contribution < 1.29 is 23.5 Å². The van der Waals surface area contributed by atoms with Crippen molar-refractivity contribution in [3.8, 4) is 0 Å². The Labute approximate surface area is 145 Å². The maximum Gasteiger partial charge on any atom is 0.334 e. The molecule has 1 unspecified atom stereocenters. The van der Waals surface area contributed by atoms with Crippen LogP contribution in [0, 0.1) is 11.8 Å². The molecule has 1 saturated heterocycles. The lowest BCUT2D eigenvalue weighted by molar-refractivity contribution is -0.137. The van der Waals surface area contributed by atoms with Gasteiger partial charge in [0.05, 0.1) is 12.7 Å². The SMILES string of the molecule is CCOC(=O)/C=C1\C[C@@H]2C(CO[Si](C)(C)C(C)(C)C)C(=O)C[C@@H]2O1. The van der Waals surface area contributed by atoms with Crippen LogP contribution in [0.15, 0.2) is 11.8 Å². The fourth-order valence-corrected chi connectivity index (χ4v) is 4.05. The van der Waals surface area contributed by atoms with Gasteiger partial charge in [0.15, 0.2) is 8.32 Å². The van der Waals surface area contributed by atoms with Crippen molar-refractivity contribution in [2.75, 3.05) is 13.2 Å². The number of hydrogen-bond donors (Lipinski definition) is 0. The summed E-state index contributed by atoms with van der Waals surface area (Å²) in [5, 5.41) is 0.120. The minimum absolute atomic E-state index is 0.114. The van der Waals surface area contributed by atoms with Crippen LogP contribution in [-0.2, 0) is 23.5 Å². The van der Waals surface area contributed by atoms with E-state index >= 15 is 0 Å². The second-order valence-corrected chi connectivity index (χ2v) is 13.0. The summed E-state index contributed by atoms with van der Waals surface area (Å²) in [5.74, 6) is 0.459. The first-order valence-corrected chi connectivity index (χ1v) is 11.7. The van der Waals surface area contributed by atoms with Crippen LogP contribution in [0.4, 0.5) is 0 Å². The molecule has 3 atom stereocenters. The number of hydrogen-bond acceptors (Lipinski definition) is 5. The van der Waals surface area contributed by atoms with Crippen molar-refractivity contribution in [1.82, 2.24) is 0 Å². The van der Waals surface area contributed by atoms with E-state index in [1.54, 1.807) is 6.92 Å². The molecule has 24 heavy (non-hydrogen) atoms. The highest BCUT2D eigenvalue weighted by atomic mass is 28.4. The molecule has 2 aliphatic rings. The average molecular weight is 355 g/mol. The number of fused-ring (bicyclic) bond motifs is 1. The number of allylic oxidation sites excluding steroid dienone is 1. The zero-order chi connectivity index (χ0) is 18.1. The van der Waals surface area contributed by atoms with E-state index in [2.05, 4.69) is 33.9 Å². The van der Waals surface area contributed by atoms with Gasteiger partial charge in [-0.2, -0.15) is 0 Å². The lowest BCUT2D eigenvalue weighted by Gasteiger charge is -2.37. The summed E-state index contributed by atoms with van der Waals surface area (Å²) >= 11 is 0. The van der Waals surface area contributed by atoms with Gasteiger partial charge in [0, 0.05) is 31.3 Å². The lowest BCUT2D eigenvalue weighted by atomic mass is 9.93. The Morgan fingerprint density at radius 2 is 2.00 bits per heavy atom. The summed E-state index contributed by atoms with van der Waals surface area (Å²) < 4.78 is 17.0. The summed E-state index contributed by atoms with van der Waals surface area (Å²) in [6.07, 6.45) is 2.32. The van der Waals surface area contributed by atoms with Crippen LogP contribution in [-0.4, -0.2) is 39.4 Å². The fourth-order valence-electron chi connectivity index (χ4n) is 3.02. The van der Waals surface area contributed by atoms with Gasteiger partial charge in [-0.15, -0.1) is 0 Å². The topological polar surface area (TPSA) is 61.8 Å². The quantitative estimate of drug-likeness (QED) is 0.430. The van der Waals surface area contributed by atoms with Gasteiger partial charge in [0.1, 0.15) is 17.6 Å². The predicted molar refractivity (Wildman–Crippen MR) is 94.0 cm³/mol. The highest BCUT2D eigenvalue weighted by Gasteiger charge is 2.49. The van der Waals surface area contributed by atoms with Gasteiger partial charge >= 0.3 is 5.97 Å². The third kappa shape index (κ3) is 4.09. The van der Waals surface area contributed by atoms with Gasteiger partial charge in [-0.05, 0) is 25.1 Å². The Balaban J connectivity index is 2.00. The molecule has 2 fully saturated rings. The van der Waals surface area contributed by atoms with E-state index in [1.807, 2.05) is 0 Å². The first kappa shape index (κ1) is 19.2. The van der Waals surface area contributed by atoms with Crippen LogP contribution in [0.3, 0.4) is 0 Å². The average Bonchev–Trinajstić information content (AvgIpc) is 2.92. The molecular formula is C18H30O5Si. The molecule has 0 radical (unpaired) electrons. The molecule has 1 aliphatic carbocycles. The molecule has 0 aromatic rings. The Kier molecular flexibility index (Phi) is 5.60. The highest BCUT2D eigenvalue weighted by Crippen LogP contribution is 2.44. The van der Waals surface area contributed by atoms with E-state index in [-0.39, 0.29) is 34.7 Å². The van der Waals surface area contributed by atoms with Gasteiger partial charge in [-0.1, -0.05) is 20.8 Å². The van der Waals surface area contributed by atoms with E-state index in [9.17, 15) is 9.59 Å². The van der Waals surface area contributed by atoms with Crippen molar-refractivity contribution in [2.24, 2.45) is 11.8 Å². The molecule has 0 N–H and O–H groups in total. The van der Waals surface area contributed by atoms with Crippen LogP contribution in [0.2, 0.25) is 18.1 Å². The Hall–Kier alpha value is -1.14. The van der Waals surface area contributed by atoms with Crippen molar-refractivity contribution in [1.29, 1.82) is 0 Å². The van der Waals surface area contributed by atoms with Gasteiger partial charge < -0.3 is 13.9 Å². The summed E-state index contributed by atoms with van der Waals surface area (Å²) in [7, 11) is -1.88. The van der Waals surface area contributed by atoms with Gasteiger partial charge in [-0.3, -0.25) is 4.79 Å². The monoisotopic (exact) mass is 354 g/mol. The Bertz CT molecular complexity index is 532. The third-order valence-electron chi connectivity index (χ3n) is 5.55. The zero-order valence-electron chi connectivity index (χ0n) is 15.7. The van der Waals surface area contributed by atoms with Crippen LogP contribution in [0.25, 0.3) is 0 Å². The second kappa shape index (κ2) is 7.00. The molecule has 2 rings (SSSR count). The van der Waals surface area contributed by atoms with Crippen molar-refractivity contribution >= 4 is 20.1 Å². The predicted octanol–water partition coefficient (Wildman–Crippen LogP) is 3.45. The first-order chi connectivity index (χ1) is 11.0. The number of carbonyl (C=O) groups excluding carboxylic acids is 2. The number of rotatable bonds is 5. The molecule has 0 aromatic carbocycles.